The Bertz CT molecular complexity index is 1060. The average Bonchev–Trinajstić information content (AvgIpc) is 2.73. The summed E-state index contributed by atoms with van der Waals surface area (Å²) in [4.78, 5) is 34.1. The fraction of sp³-hybridized carbons (Fsp3) is 0.300. The van der Waals surface area contributed by atoms with Gasteiger partial charge in [-0.2, -0.15) is 0 Å². The highest BCUT2D eigenvalue weighted by molar-refractivity contribution is 5.78. The molecule has 0 radical (unpaired) electrons. The third kappa shape index (κ3) is 3.80. The quantitative estimate of drug-likeness (QED) is 0.740. The molecule has 4 rings (SSSR count). The van der Waals surface area contributed by atoms with Gasteiger partial charge in [0.1, 0.15) is 11.3 Å². The summed E-state index contributed by atoms with van der Waals surface area (Å²) in [6.07, 6.45) is 2.63. The molecule has 2 aromatic heterocycles. The highest BCUT2D eigenvalue weighted by Crippen LogP contribution is 2.24. The molecule has 28 heavy (non-hydrogen) atoms. The molecule has 1 fully saturated rings. The fourth-order valence-electron chi connectivity index (χ4n) is 3.37. The predicted octanol–water partition coefficient (Wildman–Crippen LogP) is 2.56. The van der Waals surface area contributed by atoms with E-state index >= 15 is 0 Å². The van der Waals surface area contributed by atoms with E-state index in [9.17, 15) is 9.59 Å². The predicted molar refractivity (Wildman–Crippen MR) is 104 cm³/mol. The van der Waals surface area contributed by atoms with Crippen LogP contribution in [0, 0.1) is 5.92 Å². The number of amides is 1. The van der Waals surface area contributed by atoms with Gasteiger partial charge in [-0.25, -0.2) is 14.8 Å². The molecule has 0 atom stereocenters. The molecule has 1 aliphatic rings. The molecule has 0 aliphatic carbocycles. The number of benzene rings is 1. The van der Waals surface area contributed by atoms with Gasteiger partial charge in [-0.05, 0) is 37.0 Å². The Hall–Kier alpha value is -3.42. The number of carbonyl (C=O) groups is 1. The maximum atomic E-state index is 12.3. The standard InChI is InChI=1S/C20H20N4O4/c21-19(26)27-12-13-6-9-24(10-7-13)20-22-8-5-15(23-20)18-11-16(25)14-3-1-2-4-17(14)28-18/h1-5,8,11,13H,6-7,9-10,12H2,(H2,21,26). The first-order valence-corrected chi connectivity index (χ1v) is 9.13. The monoisotopic (exact) mass is 380 g/mol. The smallest absolute Gasteiger partial charge is 0.404 e. The lowest BCUT2D eigenvalue weighted by atomic mass is 9.98. The van der Waals surface area contributed by atoms with Crippen LogP contribution in [0.3, 0.4) is 0 Å². The number of rotatable bonds is 4. The number of aromatic nitrogens is 2. The largest absolute Gasteiger partial charge is 0.454 e. The summed E-state index contributed by atoms with van der Waals surface area (Å²) in [5, 5.41) is 0.542. The molecular formula is C20H20N4O4. The van der Waals surface area contributed by atoms with E-state index in [1.165, 1.54) is 6.07 Å². The number of hydrogen-bond donors (Lipinski definition) is 1. The molecule has 8 heteroatoms. The van der Waals surface area contributed by atoms with Crippen molar-refractivity contribution in [3.05, 3.63) is 52.8 Å². The van der Waals surface area contributed by atoms with Gasteiger partial charge in [-0.3, -0.25) is 4.79 Å². The second-order valence-electron chi connectivity index (χ2n) is 6.77. The van der Waals surface area contributed by atoms with Crippen molar-refractivity contribution in [1.82, 2.24) is 9.97 Å². The van der Waals surface area contributed by atoms with Crippen LogP contribution in [0.1, 0.15) is 12.8 Å². The van der Waals surface area contributed by atoms with E-state index < -0.39 is 6.09 Å². The van der Waals surface area contributed by atoms with Crippen LogP contribution < -0.4 is 16.1 Å². The van der Waals surface area contributed by atoms with Crippen molar-refractivity contribution in [1.29, 1.82) is 0 Å². The fourth-order valence-corrected chi connectivity index (χ4v) is 3.37. The van der Waals surface area contributed by atoms with E-state index in [-0.39, 0.29) is 11.3 Å². The summed E-state index contributed by atoms with van der Waals surface area (Å²) < 4.78 is 10.8. The number of para-hydroxylation sites is 1. The van der Waals surface area contributed by atoms with Crippen LogP contribution in [0.15, 0.2) is 51.8 Å². The molecule has 3 heterocycles. The zero-order valence-corrected chi connectivity index (χ0v) is 15.2. The van der Waals surface area contributed by atoms with Gasteiger partial charge >= 0.3 is 6.09 Å². The first kappa shape index (κ1) is 18.0. The summed E-state index contributed by atoms with van der Waals surface area (Å²) >= 11 is 0. The number of anilines is 1. The Balaban J connectivity index is 1.53. The molecule has 0 saturated carbocycles. The Morgan fingerprint density at radius 3 is 2.82 bits per heavy atom. The summed E-state index contributed by atoms with van der Waals surface area (Å²) in [5.74, 6) is 1.28. The normalized spacial score (nSPS) is 14.9. The molecule has 1 amide bonds. The van der Waals surface area contributed by atoms with Gasteiger partial charge in [0.25, 0.3) is 0 Å². The van der Waals surface area contributed by atoms with Crippen molar-refractivity contribution < 1.29 is 13.9 Å². The van der Waals surface area contributed by atoms with Crippen LogP contribution in [0.4, 0.5) is 10.7 Å². The number of piperidine rings is 1. The molecule has 2 N–H and O–H groups in total. The first-order chi connectivity index (χ1) is 13.6. The molecule has 144 valence electrons. The van der Waals surface area contributed by atoms with Crippen molar-refractivity contribution in [2.45, 2.75) is 12.8 Å². The molecule has 3 aromatic rings. The maximum Gasteiger partial charge on any atom is 0.404 e. The Morgan fingerprint density at radius 1 is 1.25 bits per heavy atom. The van der Waals surface area contributed by atoms with Crippen LogP contribution >= 0.6 is 0 Å². The van der Waals surface area contributed by atoms with E-state index in [1.807, 2.05) is 6.07 Å². The minimum absolute atomic E-state index is 0.104. The van der Waals surface area contributed by atoms with Crippen LogP contribution in [-0.2, 0) is 4.74 Å². The van der Waals surface area contributed by atoms with E-state index in [2.05, 4.69) is 14.9 Å². The molecule has 0 bridgehead atoms. The lowest BCUT2D eigenvalue weighted by Crippen LogP contribution is -2.36. The van der Waals surface area contributed by atoms with Gasteiger partial charge in [0.15, 0.2) is 11.2 Å². The van der Waals surface area contributed by atoms with Crippen molar-refractivity contribution in [3.8, 4) is 11.5 Å². The second kappa shape index (κ2) is 7.67. The highest BCUT2D eigenvalue weighted by Gasteiger charge is 2.22. The number of primary amides is 1. The van der Waals surface area contributed by atoms with Crippen molar-refractivity contribution in [2.75, 3.05) is 24.6 Å². The zero-order chi connectivity index (χ0) is 19.5. The van der Waals surface area contributed by atoms with Crippen molar-refractivity contribution >= 4 is 23.0 Å². The van der Waals surface area contributed by atoms with Crippen LogP contribution in [0.2, 0.25) is 0 Å². The van der Waals surface area contributed by atoms with Gasteiger partial charge in [-0.1, -0.05) is 12.1 Å². The van der Waals surface area contributed by atoms with Gasteiger partial charge in [0, 0.05) is 25.4 Å². The third-order valence-electron chi connectivity index (χ3n) is 4.89. The van der Waals surface area contributed by atoms with Gasteiger partial charge < -0.3 is 19.8 Å². The van der Waals surface area contributed by atoms with Gasteiger partial charge in [0.2, 0.25) is 5.95 Å². The lowest BCUT2D eigenvalue weighted by Gasteiger charge is -2.31. The molecule has 0 unspecified atom stereocenters. The number of carbonyl (C=O) groups excluding carboxylic acids is 1. The number of ether oxygens (including phenoxy) is 1. The third-order valence-corrected chi connectivity index (χ3v) is 4.89. The molecule has 1 aliphatic heterocycles. The van der Waals surface area contributed by atoms with Gasteiger partial charge in [0.05, 0.1) is 12.0 Å². The van der Waals surface area contributed by atoms with Crippen LogP contribution in [0.5, 0.6) is 0 Å². The van der Waals surface area contributed by atoms with Gasteiger partial charge in [-0.15, -0.1) is 0 Å². The molecule has 0 spiro atoms. The highest BCUT2D eigenvalue weighted by atomic mass is 16.5. The molecule has 1 saturated heterocycles. The molecular weight excluding hydrogens is 360 g/mol. The summed E-state index contributed by atoms with van der Waals surface area (Å²) in [5.41, 5.74) is 6.01. The molecule has 8 nitrogen and oxygen atoms in total. The SMILES string of the molecule is NC(=O)OCC1CCN(c2nccc(-c3cc(=O)c4ccccc4o3)n2)CC1. The summed E-state index contributed by atoms with van der Waals surface area (Å²) in [7, 11) is 0. The minimum Gasteiger partial charge on any atom is -0.454 e. The van der Waals surface area contributed by atoms with Crippen molar-refractivity contribution in [3.63, 3.8) is 0 Å². The number of nitrogens with two attached hydrogens (primary N) is 1. The van der Waals surface area contributed by atoms with Crippen molar-refractivity contribution in [2.24, 2.45) is 11.7 Å². The van der Waals surface area contributed by atoms with E-state index in [0.717, 1.165) is 25.9 Å². The first-order valence-electron chi connectivity index (χ1n) is 9.13. The van der Waals surface area contributed by atoms with Crippen LogP contribution in [-0.4, -0.2) is 35.8 Å². The zero-order valence-electron chi connectivity index (χ0n) is 15.2. The molecule has 1 aromatic carbocycles. The summed E-state index contributed by atoms with van der Waals surface area (Å²) in [6.45, 7) is 1.84. The second-order valence-corrected chi connectivity index (χ2v) is 6.77. The Labute approximate surface area is 160 Å². The van der Waals surface area contributed by atoms with E-state index in [4.69, 9.17) is 14.9 Å². The maximum absolute atomic E-state index is 12.3. The number of nitrogens with zero attached hydrogens (tertiary/aromatic N) is 3. The average molecular weight is 380 g/mol. The topological polar surface area (TPSA) is 112 Å². The number of hydrogen-bond acceptors (Lipinski definition) is 7. The Morgan fingerprint density at radius 2 is 2.04 bits per heavy atom. The van der Waals surface area contributed by atoms with Crippen LogP contribution in [0.25, 0.3) is 22.4 Å². The summed E-state index contributed by atoms with van der Waals surface area (Å²) in [6, 6.07) is 10.3. The Kier molecular flexibility index (Phi) is 4.92. The number of fused-ring (bicyclic) bond motifs is 1. The lowest BCUT2D eigenvalue weighted by molar-refractivity contribution is 0.129. The minimum atomic E-state index is -0.740. The van der Waals surface area contributed by atoms with E-state index in [0.29, 0.717) is 35.0 Å². The van der Waals surface area contributed by atoms with E-state index in [1.54, 1.807) is 30.5 Å².